The lowest BCUT2D eigenvalue weighted by Crippen LogP contribution is -2.05. The molecule has 1 rings (SSSR count). The van der Waals surface area contributed by atoms with Gasteiger partial charge in [-0.3, -0.25) is 0 Å². The van der Waals surface area contributed by atoms with E-state index in [0.29, 0.717) is 18.7 Å². The van der Waals surface area contributed by atoms with Gasteiger partial charge in [-0.2, -0.15) is 0 Å². The molecule has 2 N–H and O–H groups in total. The Kier molecular flexibility index (Phi) is 3.71. The normalized spacial score (nSPS) is 10.0. The molecule has 0 aliphatic carbocycles. The second-order valence-electron chi connectivity index (χ2n) is 2.84. The van der Waals surface area contributed by atoms with Crippen LogP contribution < -0.4 is 15.2 Å². The van der Waals surface area contributed by atoms with E-state index in [1.165, 1.54) is 20.3 Å². The molecule has 0 aliphatic rings. The number of methoxy groups -OCH3 is 2. The first-order valence-electron chi connectivity index (χ1n) is 4.33. The van der Waals surface area contributed by atoms with Gasteiger partial charge in [0.1, 0.15) is 5.75 Å². The van der Waals surface area contributed by atoms with Gasteiger partial charge < -0.3 is 15.2 Å². The van der Waals surface area contributed by atoms with E-state index >= 15 is 0 Å². The van der Waals surface area contributed by atoms with Crippen molar-refractivity contribution in [2.45, 2.75) is 6.42 Å². The van der Waals surface area contributed by atoms with Crippen LogP contribution in [0.4, 0.5) is 4.39 Å². The summed E-state index contributed by atoms with van der Waals surface area (Å²) in [4.78, 5) is 0. The third-order valence-corrected chi connectivity index (χ3v) is 1.97. The zero-order chi connectivity index (χ0) is 10.6. The summed E-state index contributed by atoms with van der Waals surface area (Å²) in [5.74, 6) is 0.299. The number of nitrogens with two attached hydrogens (primary N) is 1. The minimum Gasteiger partial charge on any atom is -0.496 e. The lowest BCUT2D eigenvalue weighted by atomic mass is 10.1. The molecule has 0 bridgehead atoms. The van der Waals surface area contributed by atoms with Crippen LogP contribution in [0.1, 0.15) is 5.56 Å². The SMILES string of the molecule is COc1cc(CCN)c(OC)cc1F. The number of hydrogen-bond acceptors (Lipinski definition) is 3. The topological polar surface area (TPSA) is 44.5 Å². The maximum atomic E-state index is 13.2. The minimum absolute atomic E-state index is 0.217. The van der Waals surface area contributed by atoms with Crippen molar-refractivity contribution < 1.29 is 13.9 Å². The molecular formula is C10H14FNO2. The van der Waals surface area contributed by atoms with Crippen molar-refractivity contribution in [3.63, 3.8) is 0 Å². The number of hydrogen-bond donors (Lipinski definition) is 1. The predicted molar refractivity (Wildman–Crippen MR) is 52.3 cm³/mol. The van der Waals surface area contributed by atoms with Crippen molar-refractivity contribution in [1.82, 2.24) is 0 Å². The minimum atomic E-state index is -0.426. The number of benzene rings is 1. The third-order valence-electron chi connectivity index (χ3n) is 1.97. The summed E-state index contributed by atoms with van der Waals surface area (Å²) in [6, 6.07) is 2.92. The first-order valence-corrected chi connectivity index (χ1v) is 4.33. The highest BCUT2D eigenvalue weighted by atomic mass is 19.1. The van der Waals surface area contributed by atoms with Crippen molar-refractivity contribution >= 4 is 0 Å². The molecule has 0 aromatic heterocycles. The van der Waals surface area contributed by atoms with E-state index < -0.39 is 5.82 Å². The molecule has 14 heavy (non-hydrogen) atoms. The first kappa shape index (κ1) is 10.8. The molecule has 0 fully saturated rings. The maximum Gasteiger partial charge on any atom is 0.168 e. The Morgan fingerprint density at radius 1 is 1.21 bits per heavy atom. The fourth-order valence-electron chi connectivity index (χ4n) is 1.27. The van der Waals surface area contributed by atoms with Crippen LogP contribution in [-0.4, -0.2) is 20.8 Å². The Hall–Kier alpha value is -1.29. The lowest BCUT2D eigenvalue weighted by Gasteiger charge is -2.10. The summed E-state index contributed by atoms with van der Waals surface area (Å²) in [5, 5.41) is 0. The highest BCUT2D eigenvalue weighted by Gasteiger charge is 2.09. The van der Waals surface area contributed by atoms with Gasteiger partial charge in [0.2, 0.25) is 0 Å². The van der Waals surface area contributed by atoms with Gasteiger partial charge in [-0.15, -0.1) is 0 Å². The van der Waals surface area contributed by atoms with Crippen LogP contribution in [0.2, 0.25) is 0 Å². The van der Waals surface area contributed by atoms with Crippen LogP contribution in [-0.2, 0) is 6.42 Å². The molecule has 0 saturated carbocycles. The Morgan fingerprint density at radius 3 is 2.36 bits per heavy atom. The molecule has 3 nitrogen and oxygen atoms in total. The van der Waals surface area contributed by atoms with Gasteiger partial charge in [0.25, 0.3) is 0 Å². The summed E-state index contributed by atoms with van der Waals surface area (Å²) in [7, 11) is 2.93. The number of ether oxygens (including phenoxy) is 2. The smallest absolute Gasteiger partial charge is 0.168 e. The second-order valence-corrected chi connectivity index (χ2v) is 2.84. The zero-order valence-electron chi connectivity index (χ0n) is 8.34. The average molecular weight is 199 g/mol. The van der Waals surface area contributed by atoms with Crippen molar-refractivity contribution in [2.24, 2.45) is 5.73 Å². The molecule has 0 atom stereocenters. The van der Waals surface area contributed by atoms with Gasteiger partial charge >= 0.3 is 0 Å². The van der Waals surface area contributed by atoms with E-state index in [9.17, 15) is 4.39 Å². The molecule has 1 aromatic carbocycles. The molecular weight excluding hydrogens is 185 g/mol. The van der Waals surface area contributed by atoms with E-state index in [-0.39, 0.29) is 5.75 Å². The summed E-state index contributed by atoms with van der Waals surface area (Å²) in [5.41, 5.74) is 6.28. The highest BCUT2D eigenvalue weighted by Crippen LogP contribution is 2.27. The summed E-state index contributed by atoms with van der Waals surface area (Å²) >= 11 is 0. The van der Waals surface area contributed by atoms with Crippen molar-refractivity contribution in [3.05, 3.63) is 23.5 Å². The second kappa shape index (κ2) is 4.81. The summed E-state index contributed by atoms with van der Waals surface area (Å²) < 4.78 is 23.1. The van der Waals surface area contributed by atoms with Crippen molar-refractivity contribution in [1.29, 1.82) is 0 Å². The van der Waals surface area contributed by atoms with Crippen molar-refractivity contribution in [2.75, 3.05) is 20.8 Å². The van der Waals surface area contributed by atoms with Gasteiger partial charge in [0.15, 0.2) is 11.6 Å². The summed E-state index contributed by atoms with van der Waals surface area (Å²) in [6.07, 6.45) is 0.639. The Labute approximate surface area is 82.6 Å². The van der Waals surface area contributed by atoms with Crippen LogP contribution in [0, 0.1) is 5.82 Å². The molecule has 0 saturated heterocycles. The Morgan fingerprint density at radius 2 is 1.86 bits per heavy atom. The fourth-order valence-corrected chi connectivity index (χ4v) is 1.27. The maximum absolute atomic E-state index is 13.2. The van der Waals surface area contributed by atoms with E-state index in [1.807, 2.05) is 0 Å². The summed E-state index contributed by atoms with van der Waals surface area (Å²) in [6.45, 7) is 0.491. The lowest BCUT2D eigenvalue weighted by molar-refractivity contribution is 0.374. The van der Waals surface area contributed by atoms with Gasteiger partial charge in [-0.05, 0) is 24.6 Å². The standard InChI is InChI=1S/C10H14FNO2/c1-13-9-6-8(11)10(14-2)5-7(9)3-4-12/h5-6H,3-4,12H2,1-2H3. The molecule has 1 aromatic rings. The molecule has 4 heteroatoms. The molecule has 0 unspecified atom stereocenters. The Balaban J connectivity index is 3.11. The van der Waals surface area contributed by atoms with E-state index in [2.05, 4.69) is 0 Å². The molecule has 0 heterocycles. The Bertz CT molecular complexity index is 315. The first-order chi connectivity index (χ1) is 6.72. The van der Waals surface area contributed by atoms with E-state index in [1.54, 1.807) is 6.07 Å². The van der Waals surface area contributed by atoms with Crippen LogP contribution in [0.15, 0.2) is 12.1 Å². The van der Waals surface area contributed by atoms with Gasteiger partial charge in [-0.1, -0.05) is 0 Å². The van der Waals surface area contributed by atoms with Crippen LogP contribution >= 0.6 is 0 Å². The van der Waals surface area contributed by atoms with E-state index in [0.717, 1.165) is 5.56 Å². The molecule has 0 amide bonds. The molecule has 78 valence electrons. The quantitative estimate of drug-likeness (QED) is 0.796. The highest BCUT2D eigenvalue weighted by molar-refractivity contribution is 5.41. The van der Waals surface area contributed by atoms with Crippen molar-refractivity contribution in [3.8, 4) is 11.5 Å². The molecule has 0 aliphatic heterocycles. The zero-order valence-corrected chi connectivity index (χ0v) is 8.34. The fraction of sp³-hybridized carbons (Fsp3) is 0.400. The largest absolute Gasteiger partial charge is 0.496 e. The van der Waals surface area contributed by atoms with Gasteiger partial charge in [0, 0.05) is 6.07 Å². The van der Waals surface area contributed by atoms with Crippen LogP contribution in [0.5, 0.6) is 11.5 Å². The number of rotatable bonds is 4. The average Bonchev–Trinajstić information content (AvgIpc) is 2.20. The monoisotopic (exact) mass is 199 g/mol. The molecule has 0 spiro atoms. The third kappa shape index (κ3) is 2.14. The van der Waals surface area contributed by atoms with E-state index in [4.69, 9.17) is 15.2 Å². The van der Waals surface area contributed by atoms with Crippen LogP contribution in [0.25, 0.3) is 0 Å². The van der Waals surface area contributed by atoms with Gasteiger partial charge in [-0.25, -0.2) is 4.39 Å². The number of halogens is 1. The predicted octanol–water partition coefficient (Wildman–Crippen LogP) is 1.34. The molecule has 0 radical (unpaired) electrons. The van der Waals surface area contributed by atoms with Gasteiger partial charge in [0.05, 0.1) is 14.2 Å². The van der Waals surface area contributed by atoms with Crippen LogP contribution in [0.3, 0.4) is 0 Å².